The van der Waals surface area contributed by atoms with Crippen LogP contribution in [-0.2, 0) is 4.57 Å². The summed E-state index contributed by atoms with van der Waals surface area (Å²) in [6, 6.07) is 54.4. The lowest BCUT2D eigenvalue weighted by Crippen LogP contribution is -2.27. The van der Waals surface area contributed by atoms with Gasteiger partial charge in [0.25, 0.3) is 0 Å². The van der Waals surface area contributed by atoms with Crippen molar-refractivity contribution in [3.8, 4) is 22.4 Å². The second kappa shape index (κ2) is 10.6. The van der Waals surface area contributed by atoms with Crippen molar-refractivity contribution in [1.82, 2.24) is 9.97 Å². The second-order valence-corrected chi connectivity index (χ2v) is 13.1. The van der Waals surface area contributed by atoms with Crippen molar-refractivity contribution >= 4 is 46.7 Å². The van der Waals surface area contributed by atoms with Crippen LogP contribution in [0, 0.1) is 0 Å². The molecule has 6 heteroatoms. The molecule has 6 aromatic carbocycles. The monoisotopic (exact) mass is 586 g/mol. The van der Waals surface area contributed by atoms with Crippen LogP contribution in [0.5, 0.6) is 0 Å². The van der Waals surface area contributed by atoms with Crippen molar-refractivity contribution < 1.29 is 4.57 Å². The first kappa shape index (κ1) is 26.1. The van der Waals surface area contributed by atoms with Gasteiger partial charge in [0.15, 0.2) is 0 Å². The van der Waals surface area contributed by atoms with Gasteiger partial charge in [-0.15, -0.1) is 0 Å². The summed E-state index contributed by atoms with van der Waals surface area (Å²) in [5, 5.41) is 1.64. The van der Waals surface area contributed by atoms with E-state index in [0.29, 0.717) is 11.3 Å². The molecule has 0 amide bonds. The fraction of sp³-hybridized carbons (Fsp3) is 0. The van der Waals surface area contributed by atoms with Gasteiger partial charge in [-0.1, -0.05) is 121 Å². The van der Waals surface area contributed by atoms with Gasteiger partial charge < -0.3 is 0 Å². The van der Waals surface area contributed by atoms with Crippen LogP contribution in [0.25, 0.3) is 33.3 Å². The van der Waals surface area contributed by atoms with E-state index in [-0.39, 0.29) is 0 Å². The number of rotatable bonds is 5. The van der Waals surface area contributed by atoms with Crippen LogP contribution in [0.15, 0.2) is 164 Å². The molecule has 0 aliphatic carbocycles. The van der Waals surface area contributed by atoms with Crippen molar-refractivity contribution in [3.05, 3.63) is 164 Å². The Hall–Kier alpha value is -5.51. The van der Waals surface area contributed by atoms with E-state index in [9.17, 15) is 0 Å². The Bertz CT molecular complexity index is 2150. The molecule has 0 saturated heterocycles. The summed E-state index contributed by atoms with van der Waals surface area (Å²) < 4.78 is 19.7. The highest BCUT2D eigenvalue weighted by molar-refractivity contribution is 7.76. The van der Waals surface area contributed by atoms with Crippen LogP contribution in [0.3, 0.4) is 0 Å². The predicted octanol–water partition coefficient (Wildman–Crippen LogP) is 9.77. The van der Waals surface area contributed by atoms with E-state index >= 15 is 4.57 Å². The minimum atomic E-state index is -3.56. The summed E-state index contributed by atoms with van der Waals surface area (Å²) >= 11 is 0. The van der Waals surface area contributed by atoms with Crippen LogP contribution in [0.4, 0.5) is 23.0 Å². The molecule has 0 N–H and O–H groups in total. The maximum atomic E-state index is 15.9. The molecule has 1 aromatic heterocycles. The summed E-state index contributed by atoms with van der Waals surface area (Å²) in [5.41, 5.74) is 7.31. The van der Waals surface area contributed by atoms with E-state index in [1.807, 2.05) is 137 Å². The van der Waals surface area contributed by atoms with Crippen LogP contribution in [0.2, 0.25) is 0 Å². The number of hydrogen-bond donors (Lipinski definition) is 0. The van der Waals surface area contributed by atoms with Crippen molar-refractivity contribution in [2.75, 3.05) is 9.34 Å². The van der Waals surface area contributed by atoms with E-state index in [2.05, 4.69) is 36.4 Å². The number of nitrogens with zero attached hydrogens (tertiary/aromatic N) is 4. The lowest BCUT2D eigenvalue weighted by atomic mass is 10.0. The largest absolute Gasteiger partial charge is 0.304 e. The lowest BCUT2D eigenvalue weighted by Gasteiger charge is -2.32. The van der Waals surface area contributed by atoms with Crippen LogP contribution >= 0.6 is 7.44 Å². The SMILES string of the molecule is O=P1(c2ccccc2)N(c2ccccc2)c2ccccc2N1c1nc(-c2ccc(-c3ccccc3)cc2)c2ccccc2n1. The lowest BCUT2D eigenvalue weighted by molar-refractivity contribution is 0.582. The molecule has 1 atom stereocenters. The van der Waals surface area contributed by atoms with E-state index < -0.39 is 7.44 Å². The van der Waals surface area contributed by atoms with E-state index in [1.165, 1.54) is 0 Å². The topological polar surface area (TPSA) is 49.3 Å². The zero-order valence-electron chi connectivity index (χ0n) is 23.7. The summed E-state index contributed by atoms with van der Waals surface area (Å²) in [6.45, 7) is 0. The summed E-state index contributed by atoms with van der Waals surface area (Å²) in [5.74, 6) is 0.393. The smallest absolute Gasteiger partial charge is 0.270 e. The Kier molecular flexibility index (Phi) is 6.32. The molecule has 0 saturated carbocycles. The number of para-hydroxylation sites is 4. The molecule has 7 aromatic rings. The van der Waals surface area contributed by atoms with Gasteiger partial charge >= 0.3 is 7.44 Å². The van der Waals surface area contributed by atoms with Crippen molar-refractivity contribution in [2.45, 2.75) is 0 Å². The van der Waals surface area contributed by atoms with Gasteiger partial charge in [0, 0.05) is 16.6 Å². The van der Waals surface area contributed by atoms with Gasteiger partial charge in [0.1, 0.15) is 0 Å². The predicted molar refractivity (Wildman–Crippen MR) is 181 cm³/mol. The maximum absolute atomic E-state index is 15.9. The number of fused-ring (bicyclic) bond motifs is 2. The Labute approximate surface area is 256 Å². The molecule has 8 rings (SSSR count). The van der Waals surface area contributed by atoms with E-state index in [0.717, 1.165) is 50.3 Å². The fourth-order valence-electron chi connectivity index (χ4n) is 5.98. The average molecular weight is 587 g/mol. The molecule has 0 bridgehead atoms. The van der Waals surface area contributed by atoms with E-state index in [1.54, 1.807) is 0 Å². The molecule has 0 spiro atoms. The Morgan fingerprint density at radius 3 is 1.68 bits per heavy atom. The molecule has 1 aliphatic rings. The number of benzene rings is 6. The molecule has 210 valence electrons. The molecular weight excluding hydrogens is 559 g/mol. The minimum Gasteiger partial charge on any atom is -0.270 e. The molecular formula is C38H27N4OP. The van der Waals surface area contributed by atoms with Crippen molar-refractivity contribution in [2.24, 2.45) is 0 Å². The number of hydrogen-bond acceptors (Lipinski definition) is 3. The van der Waals surface area contributed by atoms with Crippen molar-refractivity contribution in [1.29, 1.82) is 0 Å². The highest BCUT2D eigenvalue weighted by Crippen LogP contribution is 2.69. The maximum Gasteiger partial charge on any atom is 0.304 e. The number of aromatic nitrogens is 2. The minimum absolute atomic E-state index is 0.393. The summed E-state index contributed by atoms with van der Waals surface area (Å²) in [4.78, 5) is 10.3. The first-order valence-electron chi connectivity index (χ1n) is 14.6. The number of anilines is 4. The highest BCUT2D eigenvalue weighted by Gasteiger charge is 2.50. The Balaban J connectivity index is 1.36. The zero-order valence-corrected chi connectivity index (χ0v) is 24.6. The van der Waals surface area contributed by atoms with Crippen LogP contribution in [0.1, 0.15) is 0 Å². The summed E-state index contributed by atoms with van der Waals surface area (Å²) in [6.07, 6.45) is 0. The Morgan fingerprint density at radius 2 is 0.977 bits per heavy atom. The zero-order chi connectivity index (χ0) is 29.5. The van der Waals surface area contributed by atoms with Crippen LogP contribution in [-0.4, -0.2) is 9.97 Å². The Morgan fingerprint density at radius 1 is 0.455 bits per heavy atom. The molecule has 44 heavy (non-hydrogen) atoms. The van der Waals surface area contributed by atoms with E-state index in [4.69, 9.17) is 9.97 Å². The van der Waals surface area contributed by atoms with Crippen LogP contribution < -0.4 is 14.6 Å². The fourth-order valence-corrected chi connectivity index (χ4v) is 8.88. The molecule has 1 aliphatic heterocycles. The van der Waals surface area contributed by atoms with Gasteiger partial charge in [-0.2, -0.15) is 0 Å². The molecule has 5 nitrogen and oxygen atoms in total. The van der Waals surface area contributed by atoms with Gasteiger partial charge in [-0.25, -0.2) is 14.6 Å². The van der Waals surface area contributed by atoms with Gasteiger partial charge in [0.2, 0.25) is 5.95 Å². The second-order valence-electron chi connectivity index (χ2n) is 10.7. The first-order chi connectivity index (χ1) is 21.7. The third-order valence-electron chi connectivity index (χ3n) is 8.02. The average Bonchev–Trinajstić information content (AvgIpc) is 3.38. The third kappa shape index (κ3) is 4.21. The summed E-state index contributed by atoms with van der Waals surface area (Å²) in [7, 11) is -3.56. The molecule has 0 fully saturated rings. The molecule has 1 unspecified atom stereocenters. The standard InChI is InChI=1S/C38H27N4OP/c43-44(32-18-8-3-9-19-32)41(31-16-6-2-7-17-31)35-22-12-13-23-36(35)42(44)38-39-34-21-11-10-20-33(34)37(40-38)30-26-24-29(25-27-30)28-14-4-1-5-15-28/h1-27H. The van der Waals surface area contributed by atoms with Gasteiger partial charge in [0.05, 0.1) is 27.9 Å². The molecule has 2 heterocycles. The normalized spacial score (nSPS) is 15.8. The first-order valence-corrected chi connectivity index (χ1v) is 16.2. The van der Waals surface area contributed by atoms with Gasteiger partial charge in [-0.3, -0.25) is 9.24 Å². The van der Waals surface area contributed by atoms with Gasteiger partial charge in [-0.05, 0) is 53.6 Å². The third-order valence-corrected chi connectivity index (χ3v) is 10.9. The molecule has 0 radical (unpaired) electrons. The quantitative estimate of drug-likeness (QED) is 0.188. The highest BCUT2D eigenvalue weighted by atomic mass is 31.2. The van der Waals surface area contributed by atoms with Crippen molar-refractivity contribution in [3.63, 3.8) is 0 Å².